The van der Waals surface area contributed by atoms with Crippen molar-refractivity contribution in [3.8, 4) is 45.4 Å². The van der Waals surface area contributed by atoms with Crippen LogP contribution in [0.1, 0.15) is 5.56 Å². The third kappa shape index (κ3) is 4.83. The Bertz CT molecular complexity index is 3570. The second kappa shape index (κ2) is 13.0. The molecule has 274 valence electrons. The molecule has 12 aromatic rings. The molecule has 12 rings (SSSR count). The van der Waals surface area contributed by atoms with E-state index in [1.807, 2.05) is 6.07 Å². The van der Waals surface area contributed by atoms with E-state index in [4.69, 9.17) is 0 Å². The van der Waals surface area contributed by atoms with Gasteiger partial charge in [-0.15, -0.1) is 0 Å². The number of rotatable bonds is 5. The summed E-state index contributed by atoms with van der Waals surface area (Å²) in [5.41, 5.74) is 14.8. The first-order valence-corrected chi connectivity index (χ1v) is 20.0. The zero-order valence-corrected chi connectivity index (χ0v) is 31.9. The van der Waals surface area contributed by atoms with Crippen molar-refractivity contribution in [2.75, 3.05) is 0 Å². The van der Waals surface area contributed by atoms with Crippen LogP contribution < -0.4 is 0 Å². The molecule has 0 fully saturated rings. The van der Waals surface area contributed by atoms with E-state index in [2.05, 4.69) is 220 Å². The lowest BCUT2D eigenvalue weighted by molar-refractivity contribution is 1.16. The lowest BCUT2D eigenvalue weighted by atomic mass is 9.98. The van der Waals surface area contributed by atoms with Gasteiger partial charge in [-0.2, -0.15) is 5.26 Å². The van der Waals surface area contributed by atoms with E-state index in [1.54, 1.807) is 0 Å². The van der Waals surface area contributed by atoms with Gasteiger partial charge in [0.05, 0.1) is 44.4 Å². The second-order valence-electron chi connectivity index (χ2n) is 15.2. The smallest absolute Gasteiger partial charge is 0.101 e. The Morgan fingerprint density at radius 2 is 0.678 bits per heavy atom. The van der Waals surface area contributed by atoms with Crippen LogP contribution in [0.15, 0.2) is 206 Å². The normalized spacial score (nSPS) is 11.7. The summed E-state index contributed by atoms with van der Waals surface area (Å²) in [6, 6.07) is 75.8. The van der Waals surface area contributed by atoms with Crippen LogP contribution in [0.4, 0.5) is 0 Å². The fraction of sp³-hybridized carbons (Fsp3) is 0. The molecule has 0 N–H and O–H groups in total. The zero-order chi connectivity index (χ0) is 39.0. The van der Waals surface area contributed by atoms with Gasteiger partial charge in [-0.1, -0.05) is 152 Å². The molecule has 0 unspecified atom stereocenters. The average Bonchev–Trinajstić information content (AvgIpc) is 3.96. The van der Waals surface area contributed by atoms with E-state index in [-0.39, 0.29) is 0 Å². The van der Waals surface area contributed by atoms with E-state index in [1.165, 1.54) is 16.3 Å². The van der Waals surface area contributed by atoms with Crippen LogP contribution in [-0.2, 0) is 0 Å². The number of nitriles is 1. The molecule has 3 aromatic heterocycles. The number of fused-ring (bicyclic) bond motifs is 12. The number of para-hydroxylation sites is 5. The van der Waals surface area contributed by atoms with Crippen molar-refractivity contribution < 1.29 is 0 Å². The Morgan fingerprint density at radius 1 is 0.322 bits per heavy atom. The van der Waals surface area contributed by atoms with E-state index in [9.17, 15) is 5.26 Å². The largest absolute Gasteiger partial charge is 0.308 e. The molecule has 0 saturated carbocycles. The molecule has 0 aliphatic carbocycles. The highest BCUT2D eigenvalue weighted by Crippen LogP contribution is 2.50. The van der Waals surface area contributed by atoms with Gasteiger partial charge in [0.2, 0.25) is 0 Å². The van der Waals surface area contributed by atoms with E-state index in [0.717, 1.165) is 88.4 Å². The number of nitrogens with zero attached hydrogens (tertiary/aromatic N) is 4. The summed E-state index contributed by atoms with van der Waals surface area (Å²) in [5, 5.41) is 18.0. The number of aromatic nitrogens is 3. The molecule has 4 heteroatoms. The Hall–Kier alpha value is -8.13. The fourth-order valence-corrected chi connectivity index (χ4v) is 9.58. The average molecular weight is 751 g/mol. The van der Waals surface area contributed by atoms with E-state index >= 15 is 0 Å². The minimum absolute atomic E-state index is 0.612. The molecule has 0 bridgehead atoms. The molecule has 0 radical (unpaired) electrons. The minimum Gasteiger partial charge on any atom is -0.308 e. The van der Waals surface area contributed by atoms with Crippen LogP contribution in [0.3, 0.4) is 0 Å². The highest BCUT2D eigenvalue weighted by Gasteiger charge is 2.29. The molecule has 59 heavy (non-hydrogen) atoms. The SMILES string of the molecule is N#Cc1cc(-c2ccc(-c3ccccc3)cc2)ccc1-n1c2ccccc2c2c3c(c4ccccc4n3-c3ccccc3)c3c(c4ccccc4n3-c3ccccc3)c21. The summed E-state index contributed by atoms with van der Waals surface area (Å²) in [6.07, 6.45) is 0. The Balaban J connectivity index is 1.26. The first-order chi connectivity index (χ1) is 29.3. The van der Waals surface area contributed by atoms with Crippen LogP contribution in [0.5, 0.6) is 0 Å². The van der Waals surface area contributed by atoms with Gasteiger partial charge in [0.25, 0.3) is 0 Å². The van der Waals surface area contributed by atoms with Gasteiger partial charge in [0.15, 0.2) is 0 Å². The van der Waals surface area contributed by atoms with E-state index in [0.29, 0.717) is 5.56 Å². The summed E-state index contributed by atoms with van der Waals surface area (Å²) < 4.78 is 7.26. The van der Waals surface area contributed by atoms with Crippen LogP contribution in [0.25, 0.3) is 105 Å². The predicted molar refractivity (Wildman–Crippen MR) is 245 cm³/mol. The minimum atomic E-state index is 0.612. The van der Waals surface area contributed by atoms with Crippen LogP contribution in [0.2, 0.25) is 0 Å². The third-order valence-electron chi connectivity index (χ3n) is 12.0. The van der Waals surface area contributed by atoms with Gasteiger partial charge in [-0.25, -0.2) is 0 Å². The molecule has 0 saturated heterocycles. The van der Waals surface area contributed by atoms with Crippen molar-refractivity contribution in [2.24, 2.45) is 0 Å². The van der Waals surface area contributed by atoms with Crippen molar-refractivity contribution in [3.05, 3.63) is 212 Å². The van der Waals surface area contributed by atoms with Crippen LogP contribution in [0, 0.1) is 11.3 Å². The standard InChI is InChI=1S/C55H34N4/c56-35-40-34-39(38-30-28-37(29-31-38)36-16-4-1-5-17-36)32-33-46(40)59-49-27-15-12-24-45(49)52-54-50(43-22-10-13-25-47(43)57(54)41-18-6-2-7-19-41)53-51(55(52)59)44-23-11-14-26-48(44)58(53)42-20-8-3-9-21-42/h1-34H. The maximum Gasteiger partial charge on any atom is 0.101 e. The fourth-order valence-electron chi connectivity index (χ4n) is 9.58. The maximum absolute atomic E-state index is 11.1. The monoisotopic (exact) mass is 750 g/mol. The molecule has 3 heterocycles. The Morgan fingerprint density at radius 3 is 1.15 bits per heavy atom. The summed E-state index contributed by atoms with van der Waals surface area (Å²) in [7, 11) is 0. The molecule has 0 atom stereocenters. The first-order valence-electron chi connectivity index (χ1n) is 20.0. The molecule has 0 aliphatic heterocycles. The summed E-state index contributed by atoms with van der Waals surface area (Å²) >= 11 is 0. The molecule has 9 aromatic carbocycles. The number of hydrogen-bond donors (Lipinski definition) is 0. The van der Waals surface area contributed by atoms with Gasteiger partial charge in [0, 0.05) is 43.7 Å². The number of hydrogen-bond acceptors (Lipinski definition) is 1. The van der Waals surface area contributed by atoms with Crippen molar-refractivity contribution >= 4 is 65.4 Å². The lowest BCUT2D eigenvalue weighted by Gasteiger charge is -2.15. The van der Waals surface area contributed by atoms with Crippen molar-refractivity contribution in [1.82, 2.24) is 13.7 Å². The van der Waals surface area contributed by atoms with Gasteiger partial charge in [-0.3, -0.25) is 0 Å². The van der Waals surface area contributed by atoms with Gasteiger partial charge < -0.3 is 13.7 Å². The first kappa shape index (κ1) is 33.1. The predicted octanol–water partition coefficient (Wildman–Crippen LogP) is 14.2. The van der Waals surface area contributed by atoms with Crippen molar-refractivity contribution in [2.45, 2.75) is 0 Å². The Labute approximate surface area is 340 Å². The molecular weight excluding hydrogens is 717 g/mol. The van der Waals surface area contributed by atoms with Crippen LogP contribution >= 0.6 is 0 Å². The zero-order valence-electron chi connectivity index (χ0n) is 31.9. The maximum atomic E-state index is 11.1. The van der Waals surface area contributed by atoms with Gasteiger partial charge in [-0.05, 0) is 76.9 Å². The number of benzene rings is 9. The lowest BCUT2D eigenvalue weighted by Crippen LogP contribution is -2.00. The highest BCUT2D eigenvalue weighted by molar-refractivity contribution is 6.40. The third-order valence-corrected chi connectivity index (χ3v) is 12.0. The summed E-state index contributed by atoms with van der Waals surface area (Å²) in [4.78, 5) is 0. The molecule has 0 amide bonds. The van der Waals surface area contributed by atoms with Gasteiger partial charge in [0.1, 0.15) is 6.07 Å². The van der Waals surface area contributed by atoms with E-state index < -0.39 is 0 Å². The molecule has 0 spiro atoms. The Kier molecular flexibility index (Phi) is 7.26. The quantitative estimate of drug-likeness (QED) is 0.173. The van der Waals surface area contributed by atoms with Crippen molar-refractivity contribution in [1.29, 1.82) is 5.26 Å². The molecule has 0 aliphatic rings. The second-order valence-corrected chi connectivity index (χ2v) is 15.2. The van der Waals surface area contributed by atoms with Crippen molar-refractivity contribution in [3.63, 3.8) is 0 Å². The summed E-state index contributed by atoms with van der Waals surface area (Å²) in [6.45, 7) is 0. The highest BCUT2D eigenvalue weighted by atomic mass is 15.0. The molecular formula is C55H34N4. The topological polar surface area (TPSA) is 38.6 Å². The van der Waals surface area contributed by atoms with Gasteiger partial charge >= 0.3 is 0 Å². The molecule has 4 nitrogen and oxygen atoms in total. The summed E-state index contributed by atoms with van der Waals surface area (Å²) in [5.74, 6) is 0. The van der Waals surface area contributed by atoms with Crippen LogP contribution in [-0.4, -0.2) is 13.7 Å².